The van der Waals surface area contributed by atoms with Crippen molar-refractivity contribution in [1.82, 2.24) is 0 Å². The van der Waals surface area contributed by atoms with Gasteiger partial charge in [-0.25, -0.2) is 0 Å². The Bertz CT molecular complexity index is 135. The second kappa shape index (κ2) is 6.20. The van der Waals surface area contributed by atoms with Crippen LogP contribution in [0.1, 0.15) is 26.7 Å². The van der Waals surface area contributed by atoms with E-state index in [0.29, 0.717) is 12.5 Å². The zero-order valence-corrected chi connectivity index (χ0v) is 10.2. The molecule has 0 bridgehead atoms. The second-order valence-electron chi connectivity index (χ2n) is 3.81. The Morgan fingerprint density at radius 1 is 1.31 bits per heavy atom. The molecule has 0 aliphatic carbocycles. The van der Waals surface area contributed by atoms with Gasteiger partial charge in [0.25, 0.3) is 0 Å². The van der Waals surface area contributed by atoms with E-state index < -0.39 is 0 Å². The fraction of sp³-hybridized carbons (Fsp3) is 1.00. The number of hydrogen-bond acceptors (Lipinski definition) is 3. The molecule has 0 spiro atoms. The molecule has 0 unspecified atom stereocenters. The summed E-state index contributed by atoms with van der Waals surface area (Å²) in [7, 11) is 0. The maximum atomic E-state index is 8.87. The molecule has 1 rings (SSSR count). The van der Waals surface area contributed by atoms with Crippen LogP contribution >= 0.6 is 23.5 Å². The minimum Gasteiger partial charge on any atom is -0.396 e. The second-order valence-corrected chi connectivity index (χ2v) is 6.61. The summed E-state index contributed by atoms with van der Waals surface area (Å²) >= 11 is 4.21. The molecular formula is C10H20OS2. The first-order chi connectivity index (χ1) is 6.25. The van der Waals surface area contributed by atoms with Crippen LogP contribution in [0.15, 0.2) is 0 Å². The Labute approximate surface area is 90.1 Å². The van der Waals surface area contributed by atoms with Crippen LogP contribution in [-0.2, 0) is 0 Å². The van der Waals surface area contributed by atoms with E-state index in [4.69, 9.17) is 5.11 Å². The summed E-state index contributed by atoms with van der Waals surface area (Å²) in [6, 6.07) is 0. The Kier molecular flexibility index (Phi) is 5.60. The van der Waals surface area contributed by atoms with E-state index in [-0.39, 0.29) is 0 Å². The van der Waals surface area contributed by atoms with Crippen molar-refractivity contribution < 1.29 is 5.11 Å². The van der Waals surface area contributed by atoms with Crippen molar-refractivity contribution in [2.24, 2.45) is 11.8 Å². The summed E-state index contributed by atoms with van der Waals surface area (Å²) in [5.74, 6) is 4.05. The predicted molar refractivity (Wildman–Crippen MR) is 63.4 cm³/mol. The summed E-state index contributed by atoms with van der Waals surface area (Å²) in [5.41, 5.74) is 0. The summed E-state index contributed by atoms with van der Waals surface area (Å²) in [6.45, 7) is 4.93. The summed E-state index contributed by atoms with van der Waals surface area (Å²) in [5, 5.41) is 8.87. The average Bonchev–Trinajstić information content (AvgIpc) is 2.18. The maximum Gasteiger partial charge on any atom is 0.0530 e. The summed E-state index contributed by atoms with van der Waals surface area (Å²) < 4.78 is 0.773. The Morgan fingerprint density at radius 2 is 1.92 bits per heavy atom. The smallest absolute Gasteiger partial charge is 0.0530 e. The first kappa shape index (κ1) is 11.7. The third kappa shape index (κ3) is 3.72. The van der Waals surface area contributed by atoms with Crippen LogP contribution in [0.4, 0.5) is 0 Å². The molecular weight excluding hydrogens is 200 g/mol. The Morgan fingerprint density at radius 3 is 2.46 bits per heavy atom. The molecule has 0 aromatic carbocycles. The molecule has 1 heterocycles. The molecule has 0 saturated carbocycles. The molecule has 1 nitrogen and oxygen atoms in total. The lowest BCUT2D eigenvalue weighted by Crippen LogP contribution is -2.22. The van der Waals surface area contributed by atoms with Gasteiger partial charge in [0.2, 0.25) is 0 Å². The van der Waals surface area contributed by atoms with Crippen LogP contribution < -0.4 is 0 Å². The van der Waals surface area contributed by atoms with Gasteiger partial charge < -0.3 is 5.11 Å². The molecule has 1 aliphatic heterocycles. The average molecular weight is 220 g/mol. The highest BCUT2D eigenvalue weighted by molar-refractivity contribution is 8.17. The molecule has 1 saturated heterocycles. The SMILES string of the molecule is C[C@H](C1SCCCS1)[C@@H](C)CCO. The minimum atomic E-state index is 0.341. The van der Waals surface area contributed by atoms with Gasteiger partial charge in [-0.05, 0) is 36.2 Å². The van der Waals surface area contributed by atoms with Crippen LogP contribution in [0.5, 0.6) is 0 Å². The molecule has 0 aromatic rings. The standard InChI is InChI=1S/C10H20OS2/c1-8(4-5-11)9(2)10-12-6-3-7-13-10/h8-11H,3-7H2,1-2H3/t8-,9-/m0/s1. The van der Waals surface area contributed by atoms with Gasteiger partial charge in [0.15, 0.2) is 0 Å². The number of thioether (sulfide) groups is 2. The maximum absolute atomic E-state index is 8.87. The van der Waals surface area contributed by atoms with Gasteiger partial charge in [0.05, 0.1) is 4.58 Å². The molecule has 2 atom stereocenters. The lowest BCUT2D eigenvalue weighted by Gasteiger charge is -2.30. The van der Waals surface area contributed by atoms with Crippen molar-refractivity contribution in [2.45, 2.75) is 31.3 Å². The fourth-order valence-corrected chi connectivity index (χ4v) is 4.92. The lowest BCUT2D eigenvalue weighted by atomic mass is 9.95. The molecule has 3 heteroatoms. The van der Waals surface area contributed by atoms with Crippen LogP contribution in [0.2, 0.25) is 0 Å². The number of aliphatic hydroxyl groups is 1. The van der Waals surface area contributed by atoms with E-state index in [9.17, 15) is 0 Å². The summed E-state index contributed by atoms with van der Waals surface area (Å²) in [6.07, 6.45) is 2.33. The van der Waals surface area contributed by atoms with E-state index in [2.05, 4.69) is 37.4 Å². The van der Waals surface area contributed by atoms with Gasteiger partial charge in [0.1, 0.15) is 0 Å². The van der Waals surface area contributed by atoms with Crippen LogP contribution in [0.3, 0.4) is 0 Å². The predicted octanol–water partition coefficient (Wildman–Crippen LogP) is 2.84. The van der Waals surface area contributed by atoms with Crippen molar-refractivity contribution in [3.8, 4) is 0 Å². The van der Waals surface area contributed by atoms with Crippen molar-refractivity contribution >= 4 is 23.5 Å². The highest BCUT2D eigenvalue weighted by Gasteiger charge is 2.24. The highest BCUT2D eigenvalue weighted by atomic mass is 32.2. The molecule has 78 valence electrons. The monoisotopic (exact) mass is 220 g/mol. The minimum absolute atomic E-state index is 0.341. The van der Waals surface area contributed by atoms with Gasteiger partial charge in [-0.3, -0.25) is 0 Å². The van der Waals surface area contributed by atoms with Gasteiger partial charge >= 0.3 is 0 Å². The zero-order valence-electron chi connectivity index (χ0n) is 8.53. The van der Waals surface area contributed by atoms with Crippen molar-refractivity contribution in [3.05, 3.63) is 0 Å². The fourth-order valence-electron chi connectivity index (χ4n) is 1.54. The van der Waals surface area contributed by atoms with Crippen LogP contribution in [-0.4, -0.2) is 27.8 Å². The van der Waals surface area contributed by atoms with E-state index in [1.165, 1.54) is 17.9 Å². The molecule has 1 N–H and O–H groups in total. The van der Waals surface area contributed by atoms with Gasteiger partial charge in [-0.1, -0.05) is 13.8 Å². The van der Waals surface area contributed by atoms with E-state index >= 15 is 0 Å². The van der Waals surface area contributed by atoms with Crippen molar-refractivity contribution in [1.29, 1.82) is 0 Å². The molecule has 0 radical (unpaired) electrons. The van der Waals surface area contributed by atoms with Gasteiger partial charge in [-0.2, -0.15) is 0 Å². The Balaban J connectivity index is 2.31. The van der Waals surface area contributed by atoms with Gasteiger partial charge in [-0.15, -0.1) is 23.5 Å². The zero-order chi connectivity index (χ0) is 9.68. The number of hydrogen-bond donors (Lipinski definition) is 1. The first-order valence-electron chi connectivity index (χ1n) is 5.09. The summed E-state index contributed by atoms with van der Waals surface area (Å²) in [4.78, 5) is 0. The molecule has 1 aliphatic rings. The molecule has 0 amide bonds. The Hall–Kier alpha value is 0.660. The number of rotatable bonds is 4. The van der Waals surface area contributed by atoms with Crippen LogP contribution in [0, 0.1) is 11.8 Å². The van der Waals surface area contributed by atoms with E-state index in [0.717, 1.165) is 16.9 Å². The van der Waals surface area contributed by atoms with Crippen LogP contribution in [0.25, 0.3) is 0 Å². The normalized spacial score (nSPS) is 24.2. The molecule has 0 aromatic heterocycles. The van der Waals surface area contributed by atoms with Gasteiger partial charge in [0, 0.05) is 6.61 Å². The lowest BCUT2D eigenvalue weighted by molar-refractivity contribution is 0.240. The third-order valence-corrected chi connectivity index (χ3v) is 6.15. The van der Waals surface area contributed by atoms with Crippen molar-refractivity contribution in [2.75, 3.05) is 18.1 Å². The highest BCUT2D eigenvalue weighted by Crippen LogP contribution is 2.39. The molecule has 1 fully saturated rings. The first-order valence-corrected chi connectivity index (χ1v) is 7.19. The quantitative estimate of drug-likeness (QED) is 0.787. The third-order valence-electron chi connectivity index (χ3n) is 2.76. The van der Waals surface area contributed by atoms with E-state index in [1.807, 2.05) is 0 Å². The largest absolute Gasteiger partial charge is 0.396 e. The van der Waals surface area contributed by atoms with E-state index in [1.54, 1.807) is 0 Å². The number of aliphatic hydroxyl groups excluding tert-OH is 1. The van der Waals surface area contributed by atoms with Crippen molar-refractivity contribution in [3.63, 3.8) is 0 Å². The molecule has 13 heavy (non-hydrogen) atoms. The topological polar surface area (TPSA) is 20.2 Å².